The van der Waals surface area contributed by atoms with Crippen LogP contribution in [0.2, 0.25) is 0 Å². The van der Waals surface area contributed by atoms with Crippen molar-refractivity contribution in [3.8, 4) is 0 Å². The van der Waals surface area contributed by atoms with E-state index in [1.165, 1.54) is 11.1 Å². The monoisotopic (exact) mass is 286 g/mol. The van der Waals surface area contributed by atoms with E-state index in [1.807, 2.05) is 49.4 Å². The molecule has 2 aromatic carbocycles. The lowest BCUT2D eigenvalue weighted by atomic mass is 10.00. The SMILES string of the molecule is CCOCC(O)C(O)c1ccc(Cc2ccccc2)cc1. The molecule has 0 fully saturated rings. The highest BCUT2D eigenvalue weighted by Gasteiger charge is 2.18. The Morgan fingerprint density at radius 1 is 0.905 bits per heavy atom. The molecule has 0 bridgehead atoms. The predicted octanol–water partition coefficient (Wildman–Crippen LogP) is 2.71. The zero-order chi connectivity index (χ0) is 15.1. The van der Waals surface area contributed by atoms with Crippen LogP contribution in [-0.2, 0) is 11.2 Å². The van der Waals surface area contributed by atoms with E-state index in [0.29, 0.717) is 12.2 Å². The molecule has 2 unspecified atom stereocenters. The van der Waals surface area contributed by atoms with Gasteiger partial charge in [0.2, 0.25) is 0 Å². The molecular formula is C18H22O3. The van der Waals surface area contributed by atoms with Gasteiger partial charge in [0.15, 0.2) is 0 Å². The molecule has 0 radical (unpaired) electrons. The van der Waals surface area contributed by atoms with E-state index in [4.69, 9.17) is 4.74 Å². The fourth-order valence-electron chi connectivity index (χ4n) is 2.22. The Kier molecular flexibility index (Phi) is 5.93. The van der Waals surface area contributed by atoms with Crippen LogP contribution >= 0.6 is 0 Å². The lowest BCUT2D eigenvalue weighted by Gasteiger charge is -2.18. The molecule has 2 N–H and O–H groups in total. The van der Waals surface area contributed by atoms with Gasteiger partial charge in [0.25, 0.3) is 0 Å². The van der Waals surface area contributed by atoms with E-state index in [1.54, 1.807) is 0 Å². The Balaban J connectivity index is 1.98. The Morgan fingerprint density at radius 3 is 2.14 bits per heavy atom. The minimum Gasteiger partial charge on any atom is -0.388 e. The number of aliphatic hydroxyl groups excluding tert-OH is 2. The van der Waals surface area contributed by atoms with Crippen LogP contribution in [0.4, 0.5) is 0 Å². The minimum atomic E-state index is -0.915. The van der Waals surface area contributed by atoms with Gasteiger partial charge >= 0.3 is 0 Å². The third kappa shape index (κ3) is 4.67. The van der Waals surface area contributed by atoms with Gasteiger partial charge in [-0.1, -0.05) is 54.6 Å². The summed E-state index contributed by atoms with van der Waals surface area (Å²) in [7, 11) is 0. The largest absolute Gasteiger partial charge is 0.388 e. The summed E-state index contributed by atoms with van der Waals surface area (Å²) in [5, 5.41) is 19.9. The fraction of sp³-hybridized carbons (Fsp3) is 0.333. The molecule has 3 nitrogen and oxygen atoms in total. The number of rotatable bonds is 7. The van der Waals surface area contributed by atoms with E-state index in [-0.39, 0.29) is 6.61 Å². The van der Waals surface area contributed by atoms with Crippen molar-refractivity contribution in [2.75, 3.05) is 13.2 Å². The smallest absolute Gasteiger partial charge is 0.107 e. The predicted molar refractivity (Wildman–Crippen MR) is 83.1 cm³/mol. The van der Waals surface area contributed by atoms with Gasteiger partial charge in [-0.05, 0) is 30.0 Å². The first-order valence-corrected chi connectivity index (χ1v) is 7.27. The van der Waals surface area contributed by atoms with Crippen LogP contribution in [0.3, 0.4) is 0 Å². The van der Waals surface area contributed by atoms with E-state index in [2.05, 4.69) is 12.1 Å². The summed E-state index contributed by atoms with van der Waals surface area (Å²) in [6.07, 6.45) is -0.953. The van der Waals surface area contributed by atoms with Crippen molar-refractivity contribution in [2.45, 2.75) is 25.6 Å². The van der Waals surface area contributed by atoms with Crippen LogP contribution in [0.25, 0.3) is 0 Å². The van der Waals surface area contributed by atoms with Crippen LogP contribution in [0.5, 0.6) is 0 Å². The van der Waals surface area contributed by atoms with E-state index in [9.17, 15) is 10.2 Å². The number of aliphatic hydroxyl groups is 2. The van der Waals surface area contributed by atoms with Gasteiger partial charge in [-0.25, -0.2) is 0 Å². The Morgan fingerprint density at radius 2 is 1.52 bits per heavy atom. The quantitative estimate of drug-likeness (QED) is 0.823. The topological polar surface area (TPSA) is 49.7 Å². The molecule has 2 aromatic rings. The molecule has 2 atom stereocenters. The lowest BCUT2D eigenvalue weighted by Crippen LogP contribution is -2.24. The van der Waals surface area contributed by atoms with Gasteiger partial charge in [0.05, 0.1) is 6.61 Å². The lowest BCUT2D eigenvalue weighted by molar-refractivity contribution is -0.0367. The van der Waals surface area contributed by atoms with E-state index in [0.717, 1.165) is 6.42 Å². The summed E-state index contributed by atoms with van der Waals surface area (Å²) in [5.74, 6) is 0. The second-order valence-corrected chi connectivity index (χ2v) is 5.08. The van der Waals surface area contributed by atoms with Crippen LogP contribution < -0.4 is 0 Å². The Hall–Kier alpha value is -1.68. The molecular weight excluding hydrogens is 264 g/mol. The first kappa shape index (κ1) is 15.7. The molecule has 112 valence electrons. The minimum absolute atomic E-state index is 0.142. The third-order valence-corrected chi connectivity index (χ3v) is 3.43. The molecule has 0 amide bonds. The highest BCUT2D eigenvalue weighted by atomic mass is 16.5. The average molecular weight is 286 g/mol. The van der Waals surface area contributed by atoms with Gasteiger partial charge in [-0.2, -0.15) is 0 Å². The summed E-state index contributed by atoms with van der Waals surface area (Å²) in [6.45, 7) is 2.53. The first-order chi connectivity index (χ1) is 10.2. The molecule has 0 aliphatic carbocycles. The molecule has 0 aliphatic heterocycles. The zero-order valence-electron chi connectivity index (χ0n) is 12.3. The standard InChI is InChI=1S/C18H22O3/c1-2-21-13-17(19)18(20)16-10-8-15(9-11-16)12-14-6-4-3-5-7-14/h3-11,17-20H,2,12-13H2,1H3. The Labute approximate surface area is 125 Å². The molecule has 3 heteroatoms. The van der Waals surface area contributed by atoms with Gasteiger partial charge in [-0.3, -0.25) is 0 Å². The normalized spacial score (nSPS) is 13.9. The molecule has 0 aromatic heterocycles. The summed E-state index contributed by atoms with van der Waals surface area (Å²) >= 11 is 0. The van der Waals surface area contributed by atoms with Crippen LogP contribution in [0, 0.1) is 0 Å². The maximum absolute atomic E-state index is 10.1. The number of benzene rings is 2. The third-order valence-electron chi connectivity index (χ3n) is 3.43. The summed E-state index contributed by atoms with van der Waals surface area (Å²) in [5.41, 5.74) is 3.14. The number of hydrogen-bond donors (Lipinski definition) is 2. The van der Waals surface area contributed by atoms with Gasteiger partial charge in [0.1, 0.15) is 12.2 Å². The highest BCUT2D eigenvalue weighted by molar-refractivity contribution is 5.29. The maximum atomic E-state index is 10.1. The van der Waals surface area contributed by atoms with Crippen molar-refractivity contribution in [3.63, 3.8) is 0 Å². The molecule has 0 saturated carbocycles. The van der Waals surface area contributed by atoms with Gasteiger partial charge in [-0.15, -0.1) is 0 Å². The van der Waals surface area contributed by atoms with Crippen LogP contribution in [0.1, 0.15) is 29.7 Å². The van der Waals surface area contributed by atoms with Crippen molar-refractivity contribution in [3.05, 3.63) is 71.3 Å². The highest BCUT2D eigenvalue weighted by Crippen LogP contribution is 2.19. The first-order valence-electron chi connectivity index (χ1n) is 7.27. The molecule has 21 heavy (non-hydrogen) atoms. The van der Waals surface area contributed by atoms with E-state index < -0.39 is 12.2 Å². The van der Waals surface area contributed by atoms with Gasteiger partial charge < -0.3 is 14.9 Å². The van der Waals surface area contributed by atoms with Crippen molar-refractivity contribution >= 4 is 0 Å². The maximum Gasteiger partial charge on any atom is 0.107 e. The van der Waals surface area contributed by atoms with Crippen LogP contribution in [-0.4, -0.2) is 29.5 Å². The fourth-order valence-corrected chi connectivity index (χ4v) is 2.22. The zero-order valence-corrected chi connectivity index (χ0v) is 12.3. The summed E-state index contributed by atoms with van der Waals surface area (Å²) < 4.78 is 5.13. The summed E-state index contributed by atoms with van der Waals surface area (Å²) in [6, 6.07) is 17.9. The molecule has 0 aliphatic rings. The van der Waals surface area contributed by atoms with Gasteiger partial charge in [0, 0.05) is 6.61 Å². The van der Waals surface area contributed by atoms with E-state index >= 15 is 0 Å². The molecule has 0 spiro atoms. The molecule has 0 saturated heterocycles. The van der Waals surface area contributed by atoms with Crippen molar-refractivity contribution < 1.29 is 14.9 Å². The van der Waals surface area contributed by atoms with Crippen molar-refractivity contribution in [1.29, 1.82) is 0 Å². The number of hydrogen-bond acceptors (Lipinski definition) is 3. The summed E-state index contributed by atoms with van der Waals surface area (Å²) in [4.78, 5) is 0. The van der Waals surface area contributed by atoms with Crippen molar-refractivity contribution in [1.82, 2.24) is 0 Å². The molecule has 0 heterocycles. The van der Waals surface area contributed by atoms with Crippen molar-refractivity contribution in [2.24, 2.45) is 0 Å². The molecule has 2 rings (SSSR count). The van der Waals surface area contributed by atoms with Crippen LogP contribution in [0.15, 0.2) is 54.6 Å². The second kappa shape index (κ2) is 7.93. The second-order valence-electron chi connectivity index (χ2n) is 5.08. The Bertz CT molecular complexity index is 522. The average Bonchev–Trinajstić information content (AvgIpc) is 2.53. The number of ether oxygens (including phenoxy) is 1.